The number of hydrogen-bond donors (Lipinski definition) is 0. The van der Waals surface area contributed by atoms with Crippen molar-refractivity contribution in [2.24, 2.45) is 0 Å². The Morgan fingerprint density at radius 3 is 2.62 bits per heavy atom. The molecule has 0 aromatic heterocycles. The summed E-state index contributed by atoms with van der Waals surface area (Å²) in [4.78, 5) is 11.3. The van der Waals surface area contributed by atoms with Gasteiger partial charge in [-0.3, -0.25) is 0 Å². The first kappa shape index (κ1) is 13.2. The van der Waals surface area contributed by atoms with Gasteiger partial charge in [0.25, 0.3) is 0 Å². The van der Waals surface area contributed by atoms with Crippen LogP contribution in [-0.2, 0) is 4.74 Å². The van der Waals surface area contributed by atoms with Gasteiger partial charge in [-0.2, -0.15) is 8.78 Å². The molecule has 3 nitrogen and oxygen atoms in total. The zero-order valence-corrected chi connectivity index (χ0v) is 10.3. The standard InChI is InChI=1S/C9H6BrClF2O3/c1-15-8(14)6-5(16-9(12)13)3-2-4(10)7(6)11/h2-3,9H,1H3. The molecule has 0 atom stereocenters. The summed E-state index contributed by atoms with van der Waals surface area (Å²) in [5.41, 5.74) is -0.237. The van der Waals surface area contributed by atoms with E-state index in [0.29, 0.717) is 4.47 Å². The zero-order chi connectivity index (χ0) is 12.3. The van der Waals surface area contributed by atoms with Gasteiger partial charge in [0.1, 0.15) is 11.3 Å². The minimum absolute atomic E-state index is 0.0370. The van der Waals surface area contributed by atoms with Crippen LogP contribution in [-0.4, -0.2) is 19.7 Å². The maximum Gasteiger partial charge on any atom is 0.387 e. The summed E-state index contributed by atoms with van der Waals surface area (Å²) in [6.45, 7) is -3.04. The molecule has 0 saturated heterocycles. The summed E-state index contributed by atoms with van der Waals surface area (Å²) >= 11 is 8.84. The number of benzene rings is 1. The lowest BCUT2D eigenvalue weighted by Gasteiger charge is -2.11. The average Bonchev–Trinajstić information content (AvgIpc) is 2.22. The first-order valence-corrected chi connectivity index (χ1v) is 5.15. The molecule has 88 valence electrons. The molecule has 7 heteroatoms. The lowest BCUT2D eigenvalue weighted by molar-refractivity contribution is -0.0504. The fourth-order valence-corrected chi connectivity index (χ4v) is 1.58. The van der Waals surface area contributed by atoms with Crippen LogP contribution in [0.1, 0.15) is 10.4 Å². The lowest BCUT2D eigenvalue weighted by Crippen LogP contribution is -2.10. The van der Waals surface area contributed by atoms with E-state index >= 15 is 0 Å². The van der Waals surface area contributed by atoms with Gasteiger partial charge in [-0.1, -0.05) is 11.6 Å². The Bertz CT molecular complexity index is 412. The van der Waals surface area contributed by atoms with Crippen LogP contribution in [0, 0.1) is 0 Å². The van der Waals surface area contributed by atoms with Crippen LogP contribution >= 0.6 is 27.5 Å². The Balaban J connectivity index is 3.27. The number of methoxy groups -OCH3 is 1. The number of halogens is 4. The molecule has 1 aromatic rings. The summed E-state index contributed by atoms with van der Waals surface area (Å²) in [6, 6.07) is 2.60. The van der Waals surface area contributed by atoms with E-state index in [9.17, 15) is 13.6 Å². The lowest BCUT2D eigenvalue weighted by atomic mass is 10.2. The molecule has 0 unspecified atom stereocenters. The van der Waals surface area contributed by atoms with Gasteiger partial charge in [-0.15, -0.1) is 0 Å². The minimum atomic E-state index is -3.04. The third kappa shape index (κ3) is 2.82. The van der Waals surface area contributed by atoms with Gasteiger partial charge in [0.2, 0.25) is 0 Å². The Kier molecular flexibility index (Phi) is 4.49. The molecule has 0 bridgehead atoms. The first-order valence-electron chi connectivity index (χ1n) is 3.98. The molecule has 0 spiro atoms. The van der Waals surface area contributed by atoms with E-state index < -0.39 is 12.6 Å². The number of alkyl halides is 2. The third-order valence-corrected chi connectivity index (χ3v) is 2.94. The van der Waals surface area contributed by atoms with E-state index in [4.69, 9.17) is 11.6 Å². The fraction of sp³-hybridized carbons (Fsp3) is 0.222. The molecular formula is C9H6BrClF2O3. The van der Waals surface area contributed by atoms with E-state index in [1.807, 2.05) is 0 Å². The Morgan fingerprint density at radius 2 is 2.12 bits per heavy atom. The van der Waals surface area contributed by atoms with Gasteiger partial charge >= 0.3 is 12.6 Å². The SMILES string of the molecule is COC(=O)c1c(OC(F)F)ccc(Br)c1Cl. The predicted molar refractivity (Wildman–Crippen MR) is 57.1 cm³/mol. The van der Waals surface area contributed by atoms with E-state index in [0.717, 1.165) is 7.11 Å². The molecule has 1 rings (SSSR count). The number of esters is 1. The molecule has 0 N–H and O–H groups in total. The maximum atomic E-state index is 12.1. The van der Waals surface area contributed by atoms with Gasteiger partial charge < -0.3 is 9.47 Å². The molecule has 0 fully saturated rings. The minimum Gasteiger partial charge on any atom is -0.465 e. The molecule has 16 heavy (non-hydrogen) atoms. The van der Waals surface area contributed by atoms with Crippen LogP contribution in [0.2, 0.25) is 5.02 Å². The summed E-state index contributed by atoms with van der Waals surface area (Å²) in [7, 11) is 1.12. The van der Waals surface area contributed by atoms with Crippen molar-refractivity contribution >= 4 is 33.5 Å². The van der Waals surface area contributed by atoms with Gasteiger partial charge in [-0.25, -0.2) is 4.79 Å². The van der Waals surface area contributed by atoms with Gasteiger partial charge in [0.05, 0.1) is 12.1 Å². The van der Waals surface area contributed by atoms with Crippen molar-refractivity contribution in [3.8, 4) is 5.75 Å². The fourth-order valence-electron chi connectivity index (χ4n) is 1.02. The molecular weight excluding hydrogens is 309 g/mol. The predicted octanol–water partition coefficient (Wildman–Crippen LogP) is 3.49. The third-order valence-electron chi connectivity index (χ3n) is 1.66. The number of ether oxygens (including phenoxy) is 2. The van der Waals surface area contributed by atoms with E-state index in [2.05, 4.69) is 25.4 Å². The first-order chi connectivity index (χ1) is 7.47. The monoisotopic (exact) mass is 314 g/mol. The highest BCUT2D eigenvalue weighted by Gasteiger charge is 2.21. The molecule has 0 amide bonds. The normalized spacial score (nSPS) is 10.4. The van der Waals surface area contributed by atoms with Gasteiger partial charge in [0.15, 0.2) is 0 Å². The number of carbonyl (C=O) groups is 1. The maximum absolute atomic E-state index is 12.1. The number of hydrogen-bond acceptors (Lipinski definition) is 3. The molecule has 0 aliphatic heterocycles. The second-order valence-electron chi connectivity index (χ2n) is 2.60. The van der Waals surface area contributed by atoms with Gasteiger partial charge in [0, 0.05) is 4.47 Å². The van der Waals surface area contributed by atoms with Crippen molar-refractivity contribution in [2.75, 3.05) is 7.11 Å². The molecule has 0 aliphatic rings. The highest BCUT2D eigenvalue weighted by molar-refractivity contribution is 9.10. The summed E-state index contributed by atoms with van der Waals surface area (Å²) in [5.74, 6) is -1.17. The Hall–Kier alpha value is -0.880. The molecule has 0 heterocycles. The molecule has 0 saturated carbocycles. The summed E-state index contributed by atoms with van der Waals surface area (Å²) < 4.78 is 33.1. The van der Waals surface area contributed by atoms with Crippen molar-refractivity contribution in [3.63, 3.8) is 0 Å². The van der Waals surface area contributed by atoms with Crippen LogP contribution in [0.25, 0.3) is 0 Å². The Morgan fingerprint density at radius 1 is 1.50 bits per heavy atom. The largest absolute Gasteiger partial charge is 0.465 e. The summed E-state index contributed by atoms with van der Waals surface area (Å²) in [5, 5.41) is -0.0370. The average molecular weight is 315 g/mol. The highest BCUT2D eigenvalue weighted by Crippen LogP contribution is 2.34. The van der Waals surface area contributed by atoms with Crippen LogP contribution in [0.4, 0.5) is 8.78 Å². The molecule has 1 aromatic carbocycles. The van der Waals surface area contributed by atoms with Crippen molar-refractivity contribution in [1.82, 2.24) is 0 Å². The van der Waals surface area contributed by atoms with Crippen LogP contribution in [0.5, 0.6) is 5.75 Å². The van der Waals surface area contributed by atoms with Crippen molar-refractivity contribution in [3.05, 3.63) is 27.2 Å². The van der Waals surface area contributed by atoms with Crippen LogP contribution in [0.3, 0.4) is 0 Å². The van der Waals surface area contributed by atoms with Crippen LogP contribution < -0.4 is 4.74 Å². The van der Waals surface area contributed by atoms with Gasteiger partial charge in [-0.05, 0) is 28.1 Å². The zero-order valence-electron chi connectivity index (χ0n) is 7.97. The summed E-state index contributed by atoms with van der Waals surface area (Å²) in [6.07, 6.45) is 0. The second-order valence-corrected chi connectivity index (χ2v) is 3.84. The quantitative estimate of drug-likeness (QED) is 0.801. The van der Waals surface area contributed by atoms with Crippen molar-refractivity contribution in [2.45, 2.75) is 6.61 Å². The number of rotatable bonds is 3. The smallest absolute Gasteiger partial charge is 0.387 e. The van der Waals surface area contributed by atoms with E-state index in [1.54, 1.807) is 0 Å². The number of carbonyl (C=O) groups excluding carboxylic acids is 1. The Labute approximate surface area is 103 Å². The van der Waals surface area contributed by atoms with Crippen molar-refractivity contribution < 1.29 is 23.0 Å². The van der Waals surface area contributed by atoms with Crippen LogP contribution in [0.15, 0.2) is 16.6 Å². The van der Waals surface area contributed by atoms with Crippen molar-refractivity contribution in [1.29, 1.82) is 0 Å². The topological polar surface area (TPSA) is 35.5 Å². The molecule has 0 radical (unpaired) electrons. The highest BCUT2D eigenvalue weighted by atomic mass is 79.9. The second kappa shape index (κ2) is 5.45. The molecule has 0 aliphatic carbocycles. The van der Waals surface area contributed by atoms with E-state index in [-0.39, 0.29) is 16.3 Å². The van der Waals surface area contributed by atoms with E-state index in [1.165, 1.54) is 12.1 Å².